The summed E-state index contributed by atoms with van der Waals surface area (Å²) in [4.78, 5) is 6.69. The number of ether oxygens (including phenoxy) is 2. The molecule has 0 spiro atoms. The van der Waals surface area contributed by atoms with E-state index in [1.54, 1.807) is 18.9 Å². The average Bonchev–Trinajstić information content (AvgIpc) is 3.06. The van der Waals surface area contributed by atoms with Gasteiger partial charge < -0.3 is 19.7 Å². The summed E-state index contributed by atoms with van der Waals surface area (Å²) in [5, 5.41) is 7.61. The predicted molar refractivity (Wildman–Crippen MR) is 97.1 cm³/mol. The third-order valence-corrected chi connectivity index (χ3v) is 4.44. The minimum atomic E-state index is 0.704. The van der Waals surface area contributed by atoms with Crippen LogP contribution < -0.4 is 14.8 Å². The molecule has 0 atom stereocenters. The quantitative estimate of drug-likeness (QED) is 0.674. The zero-order valence-corrected chi connectivity index (χ0v) is 15.2. The van der Waals surface area contributed by atoms with Gasteiger partial charge in [-0.25, -0.2) is 0 Å². The zero-order chi connectivity index (χ0) is 17.8. The standard InChI is InChI=1S/C18H25N5O2/c1-19-18(20-9-13-10-21-22(2)11-13)23-6-5-14-7-16(24-3)17(25-4)8-15(14)12-23/h7-8,10-11H,5-6,9,12H2,1-4H3,(H,19,20). The maximum absolute atomic E-state index is 5.43. The number of hydrogen-bond donors (Lipinski definition) is 1. The molecule has 1 aliphatic heterocycles. The van der Waals surface area contributed by atoms with Crippen molar-refractivity contribution in [3.05, 3.63) is 41.2 Å². The van der Waals surface area contributed by atoms with E-state index in [1.807, 2.05) is 26.5 Å². The zero-order valence-electron chi connectivity index (χ0n) is 15.2. The third kappa shape index (κ3) is 3.70. The van der Waals surface area contributed by atoms with Crippen molar-refractivity contribution >= 4 is 5.96 Å². The van der Waals surface area contributed by atoms with E-state index in [0.717, 1.165) is 42.5 Å². The molecule has 25 heavy (non-hydrogen) atoms. The van der Waals surface area contributed by atoms with Gasteiger partial charge in [-0.1, -0.05) is 0 Å². The van der Waals surface area contributed by atoms with E-state index in [0.29, 0.717) is 6.54 Å². The summed E-state index contributed by atoms with van der Waals surface area (Å²) < 4.78 is 12.6. The first-order valence-electron chi connectivity index (χ1n) is 8.31. The fourth-order valence-corrected chi connectivity index (χ4v) is 3.14. The van der Waals surface area contributed by atoms with Gasteiger partial charge in [-0.3, -0.25) is 9.67 Å². The fourth-order valence-electron chi connectivity index (χ4n) is 3.14. The molecular formula is C18H25N5O2. The number of benzene rings is 1. The summed E-state index contributed by atoms with van der Waals surface area (Å²) in [7, 11) is 7.07. The van der Waals surface area contributed by atoms with Gasteiger partial charge in [0.2, 0.25) is 0 Å². The summed E-state index contributed by atoms with van der Waals surface area (Å²) in [6, 6.07) is 4.14. The van der Waals surface area contributed by atoms with Crippen molar-refractivity contribution < 1.29 is 9.47 Å². The Bertz CT molecular complexity index is 769. The number of guanidine groups is 1. The van der Waals surface area contributed by atoms with Crippen molar-refractivity contribution in [1.29, 1.82) is 0 Å². The Kier molecular flexibility index (Phi) is 5.11. The lowest BCUT2D eigenvalue weighted by Gasteiger charge is -2.32. The smallest absolute Gasteiger partial charge is 0.194 e. The van der Waals surface area contributed by atoms with Crippen LogP contribution in [0.4, 0.5) is 0 Å². The number of hydrogen-bond acceptors (Lipinski definition) is 4. The second-order valence-electron chi connectivity index (χ2n) is 6.07. The molecule has 0 aliphatic carbocycles. The van der Waals surface area contributed by atoms with Crippen LogP contribution in [0, 0.1) is 0 Å². The molecule has 0 unspecified atom stereocenters. The topological polar surface area (TPSA) is 63.9 Å². The van der Waals surface area contributed by atoms with Crippen LogP contribution >= 0.6 is 0 Å². The van der Waals surface area contributed by atoms with Gasteiger partial charge in [-0.05, 0) is 29.7 Å². The summed E-state index contributed by atoms with van der Waals surface area (Å²) in [6.07, 6.45) is 4.81. The van der Waals surface area contributed by atoms with Crippen molar-refractivity contribution in [3.63, 3.8) is 0 Å². The van der Waals surface area contributed by atoms with Crippen LogP contribution in [0.1, 0.15) is 16.7 Å². The van der Waals surface area contributed by atoms with Gasteiger partial charge in [0.1, 0.15) is 0 Å². The number of aliphatic imine (C=N–C) groups is 1. The largest absolute Gasteiger partial charge is 0.493 e. The number of methoxy groups -OCH3 is 2. The van der Waals surface area contributed by atoms with Crippen molar-refractivity contribution in [2.45, 2.75) is 19.5 Å². The molecule has 0 fully saturated rings. The summed E-state index contributed by atoms with van der Waals surface area (Å²) in [5.74, 6) is 2.44. The molecule has 0 saturated carbocycles. The van der Waals surface area contributed by atoms with E-state index in [2.05, 4.69) is 32.4 Å². The lowest BCUT2D eigenvalue weighted by molar-refractivity contribution is 0.346. The Morgan fingerprint density at radius 1 is 1.24 bits per heavy atom. The van der Waals surface area contributed by atoms with Crippen LogP contribution in [-0.4, -0.2) is 48.5 Å². The van der Waals surface area contributed by atoms with Gasteiger partial charge in [0.25, 0.3) is 0 Å². The number of rotatable bonds is 4. The van der Waals surface area contributed by atoms with E-state index in [-0.39, 0.29) is 0 Å². The first-order valence-corrected chi connectivity index (χ1v) is 8.31. The van der Waals surface area contributed by atoms with Crippen molar-refractivity contribution in [2.75, 3.05) is 27.8 Å². The van der Waals surface area contributed by atoms with Gasteiger partial charge in [-0.15, -0.1) is 0 Å². The SMILES string of the molecule is CN=C(NCc1cnn(C)c1)N1CCc2cc(OC)c(OC)cc2C1. The van der Waals surface area contributed by atoms with E-state index in [9.17, 15) is 0 Å². The third-order valence-electron chi connectivity index (χ3n) is 4.44. The van der Waals surface area contributed by atoms with E-state index >= 15 is 0 Å². The Hall–Kier alpha value is -2.70. The van der Waals surface area contributed by atoms with Crippen LogP contribution in [0.5, 0.6) is 11.5 Å². The van der Waals surface area contributed by atoms with Crippen LogP contribution in [-0.2, 0) is 26.6 Å². The summed E-state index contributed by atoms with van der Waals surface area (Å²) in [6.45, 7) is 2.41. The van der Waals surface area contributed by atoms with Gasteiger partial charge in [0.05, 0.1) is 20.4 Å². The highest BCUT2D eigenvalue weighted by Crippen LogP contribution is 2.33. The lowest BCUT2D eigenvalue weighted by atomic mass is 9.99. The molecular weight excluding hydrogens is 318 g/mol. The predicted octanol–water partition coefficient (Wildman–Crippen LogP) is 1.57. The van der Waals surface area contributed by atoms with Gasteiger partial charge >= 0.3 is 0 Å². The molecule has 7 heteroatoms. The normalized spacial score (nSPS) is 14.2. The second kappa shape index (κ2) is 7.46. The molecule has 2 heterocycles. The summed E-state index contributed by atoms with van der Waals surface area (Å²) >= 11 is 0. The lowest BCUT2D eigenvalue weighted by Crippen LogP contribution is -2.43. The van der Waals surface area contributed by atoms with Crippen LogP contribution in [0.2, 0.25) is 0 Å². The molecule has 7 nitrogen and oxygen atoms in total. The minimum Gasteiger partial charge on any atom is -0.493 e. The number of fused-ring (bicyclic) bond motifs is 1. The monoisotopic (exact) mass is 343 g/mol. The van der Waals surface area contributed by atoms with Gasteiger partial charge in [0.15, 0.2) is 17.5 Å². The first kappa shape index (κ1) is 17.1. The van der Waals surface area contributed by atoms with Crippen LogP contribution in [0.25, 0.3) is 0 Å². The molecule has 1 aliphatic rings. The van der Waals surface area contributed by atoms with Crippen molar-refractivity contribution in [1.82, 2.24) is 20.0 Å². The molecule has 0 saturated heterocycles. The maximum Gasteiger partial charge on any atom is 0.194 e. The highest BCUT2D eigenvalue weighted by atomic mass is 16.5. The van der Waals surface area contributed by atoms with E-state index in [1.165, 1.54) is 11.1 Å². The summed E-state index contributed by atoms with van der Waals surface area (Å²) in [5.41, 5.74) is 3.68. The van der Waals surface area contributed by atoms with Crippen LogP contribution in [0.3, 0.4) is 0 Å². The molecule has 0 radical (unpaired) electrons. The maximum atomic E-state index is 5.43. The number of nitrogens with zero attached hydrogens (tertiary/aromatic N) is 4. The van der Waals surface area contributed by atoms with Crippen molar-refractivity contribution in [3.8, 4) is 11.5 Å². The number of aryl methyl sites for hydroxylation is 1. The Morgan fingerprint density at radius 2 is 1.96 bits per heavy atom. The number of aromatic nitrogens is 2. The Morgan fingerprint density at radius 3 is 2.56 bits per heavy atom. The minimum absolute atomic E-state index is 0.704. The fraction of sp³-hybridized carbons (Fsp3) is 0.444. The Labute approximate surface area is 148 Å². The molecule has 0 amide bonds. The van der Waals surface area contributed by atoms with Gasteiger partial charge in [0, 0.05) is 45.5 Å². The van der Waals surface area contributed by atoms with Gasteiger partial charge in [-0.2, -0.15) is 5.10 Å². The Balaban J connectivity index is 1.71. The highest BCUT2D eigenvalue weighted by Gasteiger charge is 2.21. The first-order chi connectivity index (χ1) is 12.1. The molecule has 3 rings (SSSR count). The van der Waals surface area contributed by atoms with Crippen LogP contribution in [0.15, 0.2) is 29.5 Å². The molecule has 1 aromatic carbocycles. The highest BCUT2D eigenvalue weighted by molar-refractivity contribution is 5.80. The average molecular weight is 343 g/mol. The van der Waals surface area contributed by atoms with Crippen molar-refractivity contribution in [2.24, 2.45) is 12.0 Å². The molecule has 1 N–H and O–H groups in total. The molecule has 0 bridgehead atoms. The molecule has 1 aromatic heterocycles. The molecule has 2 aromatic rings. The second-order valence-corrected chi connectivity index (χ2v) is 6.07. The molecule has 134 valence electrons. The van der Waals surface area contributed by atoms with E-state index < -0.39 is 0 Å². The van der Waals surface area contributed by atoms with E-state index in [4.69, 9.17) is 9.47 Å². The number of nitrogens with one attached hydrogen (secondary N) is 1.